The maximum atomic E-state index is 12.8. The van der Waals surface area contributed by atoms with E-state index in [2.05, 4.69) is 25.9 Å². The molecule has 1 aromatic rings. The summed E-state index contributed by atoms with van der Waals surface area (Å²) in [5.74, 6) is -0.496. The van der Waals surface area contributed by atoms with E-state index < -0.39 is 5.97 Å². The fraction of sp³-hybridized carbons (Fsp3) is 0.706. The van der Waals surface area contributed by atoms with Gasteiger partial charge in [-0.3, -0.25) is 14.3 Å². The van der Waals surface area contributed by atoms with E-state index in [4.69, 9.17) is 5.11 Å². The summed E-state index contributed by atoms with van der Waals surface area (Å²) in [5.41, 5.74) is 1.42. The van der Waals surface area contributed by atoms with E-state index in [1.807, 2.05) is 11.0 Å². The van der Waals surface area contributed by atoms with E-state index >= 15 is 0 Å². The van der Waals surface area contributed by atoms with Crippen molar-refractivity contribution in [1.82, 2.24) is 14.7 Å². The zero-order chi connectivity index (χ0) is 17.2. The molecule has 128 valence electrons. The van der Waals surface area contributed by atoms with E-state index in [1.165, 1.54) is 0 Å². The van der Waals surface area contributed by atoms with Gasteiger partial charge in [-0.25, -0.2) is 0 Å². The maximum absolute atomic E-state index is 12.8. The second kappa shape index (κ2) is 6.72. The zero-order valence-electron chi connectivity index (χ0n) is 14.5. The van der Waals surface area contributed by atoms with Gasteiger partial charge in [-0.05, 0) is 31.2 Å². The molecule has 6 heteroatoms. The van der Waals surface area contributed by atoms with E-state index in [1.54, 1.807) is 11.7 Å². The molecule has 1 fully saturated rings. The van der Waals surface area contributed by atoms with Gasteiger partial charge in [0, 0.05) is 32.0 Å². The number of aryl methyl sites for hydroxylation is 1. The number of hydrogen-bond donors (Lipinski definition) is 1. The highest BCUT2D eigenvalue weighted by molar-refractivity contribution is 5.92. The Morgan fingerprint density at radius 1 is 1.39 bits per heavy atom. The number of nitrogens with zero attached hydrogens (tertiary/aromatic N) is 3. The molecule has 1 N–H and O–H groups in total. The van der Waals surface area contributed by atoms with Gasteiger partial charge in [-0.1, -0.05) is 20.8 Å². The highest BCUT2D eigenvalue weighted by atomic mass is 16.4. The molecule has 0 radical (unpaired) electrons. The number of carbonyl (C=O) groups is 2. The average Bonchev–Trinajstić information content (AvgIpc) is 2.87. The standard InChI is InChI=1S/C17H27N3O3/c1-17(2,3)14-10-13(19(4)18-14)16(23)20-9-5-6-12(11-20)7-8-15(21)22/h10,12H,5-9,11H2,1-4H3,(H,21,22). The number of likely N-dealkylation sites (tertiary alicyclic amines) is 1. The van der Waals surface area contributed by atoms with Crippen molar-refractivity contribution < 1.29 is 14.7 Å². The Kier molecular flexibility index (Phi) is 5.12. The second-order valence-electron chi connectivity index (χ2n) is 7.48. The molecule has 23 heavy (non-hydrogen) atoms. The van der Waals surface area contributed by atoms with Crippen molar-refractivity contribution in [3.63, 3.8) is 0 Å². The van der Waals surface area contributed by atoms with Crippen LogP contribution in [0.15, 0.2) is 6.07 Å². The number of carboxylic acids is 1. The van der Waals surface area contributed by atoms with Crippen molar-refractivity contribution in [3.8, 4) is 0 Å². The molecule has 0 saturated carbocycles. The molecular formula is C17H27N3O3. The number of aromatic nitrogens is 2. The lowest BCUT2D eigenvalue weighted by Gasteiger charge is -2.32. The third-order valence-corrected chi connectivity index (χ3v) is 4.44. The van der Waals surface area contributed by atoms with Gasteiger partial charge in [-0.15, -0.1) is 0 Å². The van der Waals surface area contributed by atoms with Crippen molar-refractivity contribution in [1.29, 1.82) is 0 Å². The average molecular weight is 321 g/mol. The van der Waals surface area contributed by atoms with Gasteiger partial charge >= 0.3 is 5.97 Å². The van der Waals surface area contributed by atoms with Crippen LogP contribution in [-0.4, -0.2) is 44.8 Å². The number of aliphatic carboxylic acids is 1. The Morgan fingerprint density at radius 2 is 2.09 bits per heavy atom. The van der Waals surface area contributed by atoms with E-state index in [0.717, 1.165) is 25.1 Å². The molecule has 1 atom stereocenters. The number of piperidine rings is 1. The largest absolute Gasteiger partial charge is 0.481 e. The summed E-state index contributed by atoms with van der Waals surface area (Å²) in [7, 11) is 1.80. The Morgan fingerprint density at radius 3 is 2.65 bits per heavy atom. The summed E-state index contributed by atoms with van der Waals surface area (Å²) in [4.78, 5) is 25.4. The summed E-state index contributed by atoms with van der Waals surface area (Å²) >= 11 is 0. The van der Waals surface area contributed by atoms with Crippen LogP contribution in [0.1, 0.15) is 62.6 Å². The molecule has 1 unspecified atom stereocenters. The maximum Gasteiger partial charge on any atom is 0.303 e. The van der Waals surface area contributed by atoms with Crippen LogP contribution in [-0.2, 0) is 17.3 Å². The molecule has 1 aromatic heterocycles. The van der Waals surface area contributed by atoms with Crippen LogP contribution >= 0.6 is 0 Å². The fourth-order valence-electron chi connectivity index (χ4n) is 3.01. The zero-order valence-corrected chi connectivity index (χ0v) is 14.5. The van der Waals surface area contributed by atoms with Gasteiger partial charge in [0.25, 0.3) is 5.91 Å². The quantitative estimate of drug-likeness (QED) is 0.924. The van der Waals surface area contributed by atoms with Crippen molar-refractivity contribution >= 4 is 11.9 Å². The Balaban J connectivity index is 2.08. The lowest BCUT2D eigenvalue weighted by Crippen LogP contribution is -2.40. The van der Waals surface area contributed by atoms with E-state index in [0.29, 0.717) is 18.7 Å². The molecule has 1 aliphatic heterocycles. The topological polar surface area (TPSA) is 75.4 Å². The van der Waals surface area contributed by atoms with Gasteiger partial charge in [0.2, 0.25) is 0 Å². The Bertz CT molecular complexity index is 586. The van der Waals surface area contributed by atoms with Gasteiger partial charge in [0.15, 0.2) is 0 Å². The minimum atomic E-state index is -0.769. The lowest BCUT2D eigenvalue weighted by molar-refractivity contribution is -0.137. The number of amides is 1. The summed E-state index contributed by atoms with van der Waals surface area (Å²) in [6.45, 7) is 7.60. The molecule has 1 aliphatic rings. The first-order valence-electron chi connectivity index (χ1n) is 8.24. The molecule has 0 aromatic carbocycles. The Hall–Kier alpha value is -1.85. The summed E-state index contributed by atoms with van der Waals surface area (Å²) in [6, 6.07) is 1.88. The Labute approximate surface area is 137 Å². The molecule has 0 aliphatic carbocycles. The molecule has 1 saturated heterocycles. The van der Waals surface area contributed by atoms with E-state index in [-0.39, 0.29) is 23.7 Å². The number of rotatable bonds is 4. The smallest absolute Gasteiger partial charge is 0.303 e. The highest BCUT2D eigenvalue weighted by Gasteiger charge is 2.28. The van der Waals surface area contributed by atoms with Crippen molar-refractivity contribution in [2.75, 3.05) is 13.1 Å². The first-order valence-corrected chi connectivity index (χ1v) is 8.24. The fourth-order valence-corrected chi connectivity index (χ4v) is 3.01. The van der Waals surface area contributed by atoms with Crippen LogP contribution in [0.5, 0.6) is 0 Å². The predicted molar refractivity (Wildman–Crippen MR) is 87.4 cm³/mol. The molecule has 1 amide bonds. The van der Waals surface area contributed by atoms with Gasteiger partial charge in [-0.2, -0.15) is 5.10 Å². The molecule has 6 nitrogen and oxygen atoms in total. The minimum absolute atomic E-state index is 0.00414. The van der Waals surface area contributed by atoms with Crippen LogP contribution in [0.2, 0.25) is 0 Å². The first-order chi connectivity index (χ1) is 10.7. The van der Waals surface area contributed by atoms with Crippen LogP contribution in [0.25, 0.3) is 0 Å². The monoisotopic (exact) mass is 321 g/mol. The summed E-state index contributed by atoms with van der Waals surface area (Å²) in [5, 5.41) is 13.3. The van der Waals surface area contributed by atoms with Crippen LogP contribution in [0.3, 0.4) is 0 Å². The summed E-state index contributed by atoms with van der Waals surface area (Å²) in [6.07, 6.45) is 2.74. The summed E-state index contributed by atoms with van der Waals surface area (Å²) < 4.78 is 1.66. The minimum Gasteiger partial charge on any atom is -0.481 e. The lowest BCUT2D eigenvalue weighted by atomic mass is 9.92. The van der Waals surface area contributed by atoms with Crippen molar-refractivity contribution in [3.05, 3.63) is 17.5 Å². The third kappa shape index (κ3) is 4.33. The van der Waals surface area contributed by atoms with Crippen molar-refractivity contribution in [2.24, 2.45) is 13.0 Å². The number of carboxylic acid groups (broad SMARTS) is 1. The number of carbonyl (C=O) groups excluding carboxylic acids is 1. The molecule has 2 rings (SSSR count). The van der Waals surface area contributed by atoms with Crippen molar-refractivity contribution in [2.45, 2.75) is 51.9 Å². The second-order valence-corrected chi connectivity index (χ2v) is 7.48. The van der Waals surface area contributed by atoms with E-state index in [9.17, 15) is 9.59 Å². The van der Waals surface area contributed by atoms with Crippen LogP contribution in [0.4, 0.5) is 0 Å². The molecule has 0 spiro atoms. The third-order valence-electron chi connectivity index (χ3n) is 4.44. The first kappa shape index (κ1) is 17.5. The highest BCUT2D eigenvalue weighted by Crippen LogP contribution is 2.25. The van der Waals surface area contributed by atoms with Gasteiger partial charge in [0.05, 0.1) is 5.69 Å². The molecular weight excluding hydrogens is 294 g/mol. The predicted octanol–water partition coefficient (Wildman–Crippen LogP) is 2.43. The van der Waals surface area contributed by atoms with Gasteiger partial charge in [0.1, 0.15) is 5.69 Å². The molecule has 2 heterocycles. The van der Waals surface area contributed by atoms with Gasteiger partial charge < -0.3 is 10.0 Å². The molecule has 0 bridgehead atoms. The SMILES string of the molecule is Cn1nc(C(C)(C)C)cc1C(=O)N1CCCC(CCC(=O)O)C1. The van der Waals surface area contributed by atoms with Crippen LogP contribution in [0, 0.1) is 5.92 Å². The normalized spacial score (nSPS) is 19.0. The number of hydrogen-bond acceptors (Lipinski definition) is 3. The van der Waals surface area contributed by atoms with Crippen LogP contribution < -0.4 is 0 Å².